The minimum Gasteiger partial charge on any atom is -0.497 e. The first-order valence-corrected chi connectivity index (χ1v) is 8.50. The summed E-state index contributed by atoms with van der Waals surface area (Å²) in [5.74, 6) is 2.32. The Morgan fingerprint density at radius 2 is 1.96 bits per heavy atom. The molecule has 1 aliphatic rings. The van der Waals surface area contributed by atoms with Gasteiger partial charge in [0.15, 0.2) is 5.96 Å². The molecule has 1 saturated carbocycles. The maximum absolute atomic E-state index is 5.98. The number of nitrogens with zero attached hydrogens (tertiary/aromatic N) is 1. The lowest BCUT2D eigenvalue weighted by atomic mass is 9.96. The molecule has 0 radical (unpaired) electrons. The van der Waals surface area contributed by atoms with Gasteiger partial charge in [-0.2, -0.15) is 0 Å². The van der Waals surface area contributed by atoms with Crippen molar-refractivity contribution in [2.75, 3.05) is 20.8 Å². The minimum atomic E-state index is 0. The molecule has 0 aromatic heterocycles. The fourth-order valence-corrected chi connectivity index (χ4v) is 3.05. The Kier molecular flexibility index (Phi) is 9.90. The van der Waals surface area contributed by atoms with Gasteiger partial charge in [0, 0.05) is 12.6 Å². The van der Waals surface area contributed by atoms with Gasteiger partial charge < -0.3 is 20.5 Å². The van der Waals surface area contributed by atoms with Gasteiger partial charge in [0.2, 0.25) is 0 Å². The number of hydrogen-bond donors (Lipinski definition) is 2. The normalized spacial score (nSPS) is 15.5. The summed E-state index contributed by atoms with van der Waals surface area (Å²) < 4.78 is 10.7. The van der Waals surface area contributed by atoms with Gasteiger partial charge in [-0.1, -0.05) is 19.3 Å². The first-order chi connectivity index (χ1) is 11.2. The van der Waals surface area contributed by atoms with E-state index >= 15 is 0 Å². The second-order valence-corrected chi connectivity index (χ2v) is 6.03. The van der Waals surface area contributed by atoms with Crippen LogP contribution in [0.25, 0.3) is 0 Å². The van der Waals surface area contributed by atoms with Crippen LogP contribution in [0.15, 0.2) is 23.2 Å². The van der Waals surface area contributed by atoms with E-state index in [0.717, 1.165) is 29.9 Å². The van der Waals surface area contributed by atoms with E-state index in [2.05, 4.69) is 10.3 Å². The average molecular weight is 447 g/mol. The van der Waals surface area contributed by atoms with Crippen LogP contribution < -0.4 is 20.5 Å². The molecule has 0 aliphatic heterocycles. The molecule has 0 saturated heterocycles. The van der Waals surface area contributed by atoms with Crippen molar-refractivity contribution in [1.82, 2.24) is 5.32 Å². The molecule has 0 spiro atoms. The first-order valence-electron chi connectivity index (χ1n) is 8.50. The third kappa shape index (κ3) is 6.75. The van der Waals surface area contributed by atoms with Crippen molar-refractivity contribution >= 4 is 29.9 Å². The van der Waals surface area contributed by atoms with Crippen molar-refractivity contribution in [2.45, 2.75) is 51.0 Å². The van der Waals surface area contributed by atoms with Crippen LogP contribution in [0.3, 0.4) is 0 Å². The number of guanidine groups is 1. The summed E-state index contributed by atoms with van der Waals surface area (Å²) in [4.78, 5) is 4.44. The van der Waals surface area contributed by atoms with Crippen molar-refractivity contribution in [3.8, 4) is 11.5 Å². The van der Waals surface area contributed by atoms with Crippen LogP contribution in [-0.4, -0.2) is 32.8 Å². The van der Waals surface area contributed by atoms with Crippen LogP contribution in [0, 0.1) is 0 Å². The van der Waals surface area contributed by atoms with Gasteiger partial charge in [0.25, 0.3) is 0 Å². The largest absolute Gasteiger partial charge is 0.497 e. The van der Waals surface area contributed by atoms with Crippen LogP contribution in [0.4, 0.5) is 0 Å². The Bertz CT molecular complexity index is 517. The van der Waals surface area contributed by atoms with Crippen LogP contribution in [-0.2, 0) is 6.42 Å². The highest BCUT2D eigenvalue weighted by Gasteiger charge is 2.13. The molecular weight excluding hydrogens is 417 g/mol. The highest BCUT2D eigenvalue weighted by atomic mass is 127. The Morgan fingerprint density at radius 3 is 2.62 bits per heavy atom. The molecule has 0 bridgehead atoms. The lowest BCUT2D eigenvalue weighted by Crippen LogP contribution is -2.41. The van der Waals surface area contributed by atoms with Gasteiger partial charge >= 0.3 is 0 Å². The summed E-state index contributed by atoms with van der Waals surface area (Å²) in [6, 6.07) is 6.38. The minimum absolute atomic E-state index is 0. The Hall–Kier alpha value is -1.18. The monoisotopic (exact) mass is 447 g/mol. The quantitative estimate of drug-likeness (QED) is 0.291. The first kappa shape index (κ1) is 20.9. The summed E-state index contributed by atoms with van der Waals surface area (Å²) in [7, 11) is 3.36. The number of ether oxygens (including phenoxy) is 2. The van der Waals surface area contributed by atoms with Crippen LogP contribution in [0.2, 0.25) is 0 Å². The Balaban J connectivity index is 0.00000288. The summed E-state index contributed by atoms with van der Waals surface area (Å²) in [5, 5.41) is 3.34. The number of hydrogen-bond acceptors (Lipinski definition) is 3. The summed E-state index contributed by atoms with van der Waals surface area (Å²) in [5.41, 5.74) is 7.12. The predicted octanol–water partition coefficient (Wildman–Crippen LogP) is 3.49. The molecule has 24 heavy (non-hydrogen) atoms. The average Bonchev–Trinajstić information content (AvgIpc) is 2.59. The number of halogens is 1. The van der Waals surface area contributed by atoms with E-state index in [9.17, 15) is 0 Å². The SMILES string of the molecule is COc1ccc(OC)c(CCCN=C(N)NC2CCCCC2)c1.I. The molecule has 0 amide bonds. The molecule has 1 aliphatic carbocycles. The number of rotatable bonds is 7. The Morgan fingerprint density at radius 1 is 1.21 bits per heavy atom. The number of nitrogens with two attached hydrogens (primary N) is 1. The number of aryl methyl sites for hydroxylation is 1. The Labute approximate surface area is 162 Å². The summed E-state index contributed by atoms with van der Waals surface area (Å²) >= 11 is 0. The predicted molar refractivity (Wildman–Crippen MR) is 110 cm³/mol. The van der Waals surface area contributed by atoms with Gasteiger partial charge in [0.1, 0.15) is 11.5 Å². The molecule has 3 N–H and O–H groups in total. The van der Waals surface area contributed by atoms with E-state index in [0.29, 0.717) is 18.5 Å². The number of benzene rings is 1. The topological polar surface area (TPSA) is 68.9 Å². The lowest BCUT2D eigenvalue weighted by molar-refractivity contribution is 0.398. The second kappa shape index (κ2) is 11.4. The van der Waals surface area contributed by atoms with Gasteiger partial charge in [-0.25, -0.2) is 0 Å². The van der Waals surface area contributed by atoms with Crippen LogP contribution >= 0.6 is 24.0 Å². The van der Waals surface area contributed by atoms with Gasteiger partial charge in [-0.3, -0.25) is 4.99 Å². The lowest BCUT2D eigenvalue weighted by Gasteiger charge is -2.23. The second-order valence-electron chi connectivity index (χ2n) is 6.03. The number of nitrogens with one attached hydrogen (secondary N) is 1. The number of methoxy groups -OCH3 is 2. The fraction of sp³-hybridized carbons (Fsp3) is 0.611. The van der Waals surface area contributed by atoms with E-state index in [1.54, 1.807) is 14.2 Å². The molecule has 136 valence electrons. The van der Waals surface area contributed by atoms with Gasteiger partial charge in [-0.05, 0) is 49.4 Å². The van der Waals surface area contributed by atoms with E-state index in [4.69, 9.17) is 15.2 Å². The van der Waals surface area contributed by atoms with Crippen molar-refractivity contribution < 1.29 is 9.47 Å². The molecule has 2 rings (SSSR count). The third-order valence-electron chi connectivity index (χ3n) is 4.33. The maximum atomic E-state index is 5.98. The highest BCUT2D eigenvalue weighted by Crippen LogP contribution is 2.25. The molecule has 5 nitrogen and oxygen atoms in total. The fourth-order valence-electron chi connectivity index (χ4n) is 3.05. The molecule has 1 aromatic rings. The van der Waals surface area contributed by atoms with E-state index < -0.39 is 0 Å². The smallest absolute Gasteiger partial charge is 0.188 e. The molecule has 0 atom stereocenters. The number of aliphatic imine (C=N–C) groups is 1. The van der Waals surface area contributed by atoms with Crippen LogP contribution in [0.1, 0.15) is 44.1 Å². The standard InChI is InChI=1S/C18H29N3O2.HI/c1-22-16-10-11-17(23-2)14(13-16)7-6-12-20-18(19)21-15-8-4-3-5-9-15;/h10-11,13,15H,3-9,12H2,1-2H3,(H3,19,20,21);1H. The van der Waals surface area contributed by atoms with E-state index in [-0.39, 0.29) is 24.0 Å². The maximum Gasteiger partial charge on any atom is 0.188 e. The highest BCUT2D eigenvalue weighted by molar-refractivity contribution is 14.0. The van der Waals surface area contributed by atoms with Crippen molar-refractivity contribution in [2.24, 2.45) is 10.7 Å². The molecule has 1 fully saturated rings. The zero-order chi connectivity index (χ0) is 16.5. The van der Waals surface area contributed by atoms with Gasteiger partial charge in [0.05, 0.1) is 14.2 Å². The molecule has 1 aromatic carbocycles. The zero-order valence-corrected chi connectivity index (χ0v) is 17.0. The van der Waals surface area contributed by atoms with E-state index in [1.165, 1.54) is 32.1 Å². The van der Waals surface area contributed by atoms with Crippen molar-refractivity contribution in [1.29, 1.82) is 0 Å². The third-order valence-corrected chi connectivity index (χ3v) is 4.33. The molecule has 0 heterocycles. The van der Waals surface area contributed by atoms with Crippen molar-refractivity contribution in [3.05, 3.63) is 23.8 Å². The van der Waals surface area contributed by atoms with E-state index in [1.807, 2.05) is 18.2 Å². The molecular formula is C18H30IN3O2. The molecule has 6 heteroatoms. The summed E-state index contributed by atoms with van der Waals surface area (Å²) in [6.07, 6.45) is 8.16. The van der Waals surface area contributed by atoms with Crippen LogP contribution in [0.5, 0.6) is 11.5 Å². The summed E-state index contributed by atoms with van der Waals surface area (Å²) in [6.45, 7) is 0.714. The zero-order valence-electron chi connectivity index (χ0n) is 14.7. The van der Waals surface area contributed by atoms with Crippen molar-refractivity contribution in [3.63, 3.8) is 0 Å². The molecule has 0 unspecified atom stereocenters. The van der Waals surface area contributed by atoms with Gasteiger partial charge in [-0.15, -0.1) is 24.0 Å².